The fraction of sp³-hybridized carbons (Fsp3) is 0.793. The van der Waals surface area contributed by atoms with Crippen molar-refractivity contribution in [3.8, 4) is 0 Å². The van der Waals surface area contributed by atoms with Gasteiger partial charge in [-0.15, -0.1) is 0 Å². The van der Waals surface area contributed by atoms with Crippen molar-refractivity contribution in [2.24, 2.45) is 16.7 Å². The van der Waals surface area contributed by atoms with Crippen LogP contribution < -0.4 is 0 Å². The molecule has 1 aromatic carbocycles. The number of esters is 1. The van der Waals surface area contributed by atoms with Crippen LogP contribution in [0.1, 0.15) is 125 Å². The molecule has 0 spiro atoms. The lowest BCUT2D eigenvalue weighted by Crippen LogP contribution is -2.78. The Hall–Kier alpha value is -2.80. The Morgan fingerprint density at radius 2 is 1.14 bits per heavy atom. The van der Waals surface area contributed by atoms with E-state index in [2.05, 4.69) is 6.92 Å². The Balaban J connectivity index is 0.809. The molecule has 0 unspecified atom stereocenters. The number of hydrogen-bond donors (Lipinski definition) is 4. The smallest absolute Gasteiger partial charge is 0.331 e. The Morgan fingerprint density at radius 3 is 1.65 bits per heavy atom. The highest BCUT2D eigenvalue weighted by Gasteiger charge is 2.81. The molecule has 4 saturated heterocycles. The number of aliphatic hydroxyl groups is 4. The number of rotatable bonds is 16. The van der Waals surface area contributed by atoms with Gasteiger partial charge in [-0.25, -0.2) is 4.79 Å². The Kier molecular flexibility index (Phi) is 17.7. The van der Waals surface area contributed by atoms with Gasteiger partial charge in [0.05, 0.1) is 60.4 Å². The average molecular weight is 1090 g/mol. The number of hydrogen-bond acceptors (Lipinski definition) is 19. The molecular formula is C58H86O19. The number of carbonyl (C=O) groups excluding carboxylic acids is 2. The monoisotopic (exact) mass is 1090 g/mol. The van der Waals surface area contributed by atoms with E-state index in [1.54, 1.807) is 48.4 Å². The van der Waals surface area contributed by atoms with Crippen LogP contribution in [0, 0.1) is 16.7 Å². The van der Waals surface area contributed by atoms with Gasteiger partial charge in [0.25, 0.3) is 0 Å². The van der Waals surface area contributed by atoms with Gasteiger partial charge in [-0.05, 0) is 104 Å². The molecule has 77 heavy (non-hydrogen) atoms. The van der Waals surface area contributed by atoms with E-state index in [0.717, 1.165) is 11.1 Å². The molecule has 7 fully saturated rings. The van der Waals surface area contributed by atoms with Crippen molar-refractivity contribution in [1.82, 2.24) is 0 Å². The molecule has 4 heterocycles. The normalized spacial score (nSPS) is 48.1. The van der Waals surface area contributed by atoms with Crippen LogP contribution in [0.15, 0.2) is 48.1 Å². The maximum absolute atomic E-state index is 13.6. The quantitative estimate of drug-likeness (QED) is 0.0942. The lowest BCUT2D eigenvalue weighted by molar-refractivity contribution is -0.347. The van der Waals surface area contributed by atoms with Crippen LogP contribution in [0.5, 0.6) is 0 Å². The zero-order valence-corrected chi connectivity index (χ0v) is 46.8. The third kappa shape index (κ3) is 10.7. The molecule has 8 aliphatic rings. The summed E-state index contributed by atoms with van der Waals surface area (Å²) >= 11 is 0. The van der Waals surface area contributed by atoms with Gasteiger partial charge in [-0.2, -0.15) is 0 Å². The summed E-state index contributed by atoms with van der Waals surface area (Å²) < 4.78 is 81.6. The number of carbonyl (C=O) groups is 2. The molecule has 19 heteroatoms. The van der Waals surface area contributed by atoms with Gasteiger partial charge in [0.15, 0.2) is 30.9 Å². The van der Waals surface area contributed by atoms with Crippen molar-refractivity contribution in [3.05, 3.63) is 53.6 Å². The first-order valence-corrected chi connectivity index (χ1v) is 27.9. The maximum Gasteiger partial charge on any atom is 0.331 e. The van der Waals surface area contributed by atoms with Gasteiger partial charge < -0.3 is 82.0 Å². The van der Waals surface area contributed by atoms with Gasteiger partial charge in [0.1, 0.15) is 47.3 Å². The average Bonchev–Trinajstić information content (AvgIpc) is 3.95. The summed E-state index contributed by atoms with van der Waals surface area (Å²) in [5.41, 5.74) is -6.24. The van der Waals surface area contributed by atoms with Gasteiger partial charge in [0.2, 0.25) is 0 Å². The Bertz CT molecular complexity index is 2270. The Morgan fingerprint density at radius 1 is 0.649 bits per heavy atom. The van der Waals surface area contributed by atoms with Crippen molar-refractivity contribution in [1.29, 1.82) is 0 Å². The van der Waals surface area contributed by atoms with Crippen molar-refractivity contribution < 1.29 is 91.6 Å². The highest BCUT2D eigenvalue weighted by atomic mass is 16.8. The van der Waals surface area contributed by atoms with Crippen molar-refractivity contribution >= 4 is 17.8 Å². The summed E-state index contributed by atoms with van der Waals surface area (Å²) in [5.74, 6) is -1.80. The standard InChI is InChI=1S/C58H86O19/c1-31-50(61)39(65-8)26-47(69-31)75-52-33(3)71-49(28-41(52)67-10)77-53-34(4)72-48(29-42(53)68-11)76-51-32(2)70-46(27-40(51)66-9)73-38-20-21-54(6)37(25-38)19-22-57(63)43(54)30-44(74-45(60)18-17-36-15-13-12-14-16-36)55(7)56(62,35(5)59)23-24-58(55,57)64/h12-19,31-34,38-44,46-53,61-64H,20-30H2,1-11H3/b18-17-/t31-,32+,33+,34-,38-,39-,40-,41-,42-,43+,44+,46+,47+,48+,49+,50-,51-,52-,53-,54-,55+,56+,57-,58+/m0/s1. The Labute approximate surface area is 453 Å². The molecule has 3 saturated carbocycles. The van der Waals surface area contributed by atoms with Gasteiger partial charge in [0, 0.05) is 66.1 Å². The van der Waals surface area contributed by atoms with Gasteiger partial charge in [-0.1, -0.05) is 48.9 Å². The third-order valence-corrected chi connectivity index (χ3v) is 19.6. The molecule has 4 N–H and O–H groups in total. The molecule has 432 valence electrons. The number of Topliss-reactive ketones (excluding diaryl/α,β-unsaturated/α-hetero) is 1. The molecule has 24 atom stereocenters. The number of aliphatic hydroxyl groups excluding tert-OH is 1. The first-order chi connectivity index (χ1) is 36.6. The van der Waals surface area contributed by atoms with Gasteiger partial charge in [-0.3, -0.25) is 4.79 Å². The van der Waals surface area contributed by atoms with Crippen molar-refractivity contribution in [3.63, 3.8) is 0 Å². The first-order valence-electron chi connectivity index (χ1n) is 27.9. The fourth-order valence-electron chi connectivity index (χ4n) is 15.0. The summed E-state index contributed by atoms with van der Waals surface area (Å²) in [6.45, 7) is 12.5. The fourth-order valence-corrected chi connectivity index (χ4v) is 15.0. The van der Waals surface area contributed by atoms with Crippen LogP contribution in [0.25, 0.3) is 6.08 Å². The molecule has 19 nitrogen and oxygen atoms in total. The number of ether oxygens (including phenoxy) is 13. The second-order valence-electron chi connectivity index (χ2n) is 23.6. The number of ketones is 1. The molecule has 4 aliphatic heterocycles. The molecule has 0 aromatic heterocycles. The van der Waals surface area contributed by atoms with Crippen LogP contribution in [0.4, 0.5) is 0 Å². The number of methoxy groups -OCH3 is 4. The molecule has 1 aromatic rings. The molecule has 9 rings (SSSR count). The summed E-state index contributed by atoms with van der Waals surface area (Å²) in [6.07, 6.45) is -1.19. The van der Waals surface area contributed by atoms with Crippen LogP contribution in [-0.2, 0) is 71.2 Å². The molecule has 0 bridgehead atoms. The highest BCUT2D eigenvalue weighted by molar-refractivity contribution is 5.88. The zero-order chi connectivity index (χ0) is 55.4. The molecule has 0 amide bonds. The molecular weight excluding hydrogens is 1000 g/mol. The largest absolute Gasteiger partial charge is 0.458 e. The van der Waals surface area contributed by atoms with Crippen LogP contribution in [0.2, 0.25) is 0 Å². The lowest BCUT2D eigenvalue weighted by atomic mass is 9.42. The van der Waals surface area contributed by atoms with Crippen LogP contribution in [-0.4, -0.2) is 188 Å². The number of fused-ring (bicyclic) bond motifs is 5. The molecule has 0 radical (unpaired) electrons. The van der Waals surface area contributed by atoms with E-state index in [9.17, 15) is 30.0 Å². The van der Waals surface area contributed by atoms with E-state index in [-0.39, 0.29) is 37.9 Å². The minimum Gasteiger partial charge on any atom is -0.458 e. The highest BCUT2D eigenvalue weighted by Crippen LogP contribution is 2.71. The molecule has 4 aliphatic carbocycles. The van der Waals surface area contributed by atoms with Crippen molar-refractivity contribution in [2.75, 3.05) is 28.4 Å². The predicted octanol–water partition coefficient (Wildman–Crippen LogP) is 5.24. The van der Waals surface area contributed by atoms with E-state index >= 15 is 0 Å². The van der Waals surface area contributed by atoms with E-state index < -0.39 is 144 Å². The summed E-state index contributed by atoms with van der Waals surface area (Å²) in [6, 6.07) is 9.30. The van der Waals surface area contributed by atoms with E-state index in [4.69, 9.17) is 61.6 Å². The van der Waals surface area contributed by atoms with Gasteiger partial charge >= 0.3 is 5.97 Å². The summed E-state index contributed by atoms with van der Waals surface area (Å²) in [5, 5.41) is 48.6. The summed E-state index contributed by atoms with van der Waals surface area (Å²) in [4.78, 5) is 27.0. The summed E-state index contributed by atoms with van der Waals surface area (Å²) in [7, 11) is 6.48. The lowest BCUT2D eigenvalue weighted by Gasteiger charge is -2.67. The maximum atomic E-state index is 13.6. The van der Waals surface area contributed by atoms with Crippen LogP contribution >= 0.6 is 0 Å². The van der Waals surface area contributed by atoms with E-state index in [1.165, 1.54) is 13.0 Å². The minimum absolute atomic E-state index is 0.0493. The van der Waals surface area contributed by atoms with E-state index in [1.807, 2.05) is 57.2 Å². The third-order valence-electron chi connectivity index (χ3n) is 19.6. The topological polar surface area (TPSA) is 235 Å². The SMILES string of the molecule is CO[C@H]1C[C@@H](O[C@@H]2[C@@H](OC)C[C@@H](O[C@H]3[C@H](C)O[C@H](O[C@@H]4[C@@H](OC)C[C@@H](O[C@H]5CC[C@@]6(C)C(=CC[C@]7(O)[C@@H]6C[C@@H](OC(=O)/C=C\c6ccccc6)[C@@]6(C)[C@]7(O)CC[C@@]6(O)C(C)=O)C5)O[C@@H]4C)C[C@@H]3OC)O[C@@H]2C)O[C@@H](C)[C@@H]1O. The minimum atomic E-state index is -2.05. The predicted molar refractivity (Wildman–Crippen MR) is 275 cm³/mol. The van der Waals surface area contributed by atoms with Crippen LogP contribution in [0.3, 0.4) is 0 Å². The zero-order valence-electron chi connectivity index (χ0n) is 46.8. The second-order valence-corrected chi connectivity index (χ2v) is 23.6. The number of benzene rings is 1. The first kappa shape index (κ1) is 58.8. The van der Waals surface area contributed by atoms with Crippen molar-refractivity contribution in [2.45, 2.75) is 247 Å². The van der Waals surface area contributed by atoms with E-state index in [0.29, 0.717) is 44.9 Å². The second kappa shape index (κ2) is 23.2.